The molecule has 118 valence electrons. The van der Waals surface area contributed by atoms with Gasteiger partial charge in [0.25, 0.3) is 0 Å². The van der Waals surface area contributed by atoms with E-state index in [9.17, 15) is 18.3 Å². The lowest BCUT2D eigenvalue weighted by Crippen LogP contribution is -2.63. The SMILES string of the molecule is CC(=O)Nc1ccc(S(=O)(=O)N2CC(O)(CC#N)C2)cc1Cl. The maximum atomic E-state index is 12.4. The molecule has 1 aromatic rings. The molecule has 1 aromatic carbocycles. The number of nitrogens with zero attached hydrogens (tertiary/aromatic N) is 2. The molecule has 7 nitrogen and oxygen atoms in total. The Morgan fingerprint density at radius 3 is 2.68 bits per heavy atom. The minimum absolute atomic E-state index is 0.0365. The fraction of sp³-hybridized carbons (Fsp3) is 0.385. The van der Waals surface area contributed by atoms with Crippen molar-refractivity contribution in [2.45, 2.75) is 23.8 Å². The molecule has 0 spiro atoms. The molecule has 22 heavy (non-hydrogen) atoms. The summed E-state index contributed by atoms with van der Waals surface area (Å²) in [6.45, 7) is 1.05. The maximum absolute atomic E-state index is 12.4. The fourth-order valence-corrected chi connectivity index (χ4v) is 4.05. The van der Waals surface area contributed by atoms with Gasteiger partial charge in [-0.1, -0.05) is 11.6 Å². The number of amides is 1. The van der Waals surface area contributed by atoms with Crippen molar-refractivity contribution in [3.63, 3.8) is 0 Å². The lowest BCUT2D eigenvalue weighted by Gasteiger charge is -2.44. The highest BCUT2D eigenvalue weighted by atomic mass is 35.5. The Labute approximate surface area is 133 Å². The van der Waals surface area contributed by atoms with Crippen molar-refractivity contribution in [2.75, 3.05) is 18.4 Å². The van der Waals surface area contributed by atoms with Crippen LogP contribution in [0.1, 0.15) is 13.3 Å². The Morgan fingerprint density at radius 1 is 1.55 bits per heavy atom. The third kappa shape index (κ3) is 3.23. The zero-order valence-electron chi connectivity index (χ0n) is 11.7. The average Bonchev–Trinajstić information content (AvgIpc) is 2.37. The van der Waals surface area contributed by atoms with Crippen LogP contribution in [0.4, 0.5) is 5.69 Å². The highest BCUT2D eigenvalue weighted by Gasteiger charge is 2.47. The van der Waals surface area contributed by atoms with E-state index in [1.807, 2.05) is 6.07 Å². The van der Waals surface area contributed by atoms with Crippen LogP contribution >= 0.6 is 11.6 Å². The van der Waals surface area contributed by atoms with E-state index in [1.54, 1.807) is 0 Å². The summed E-state index contributed by atoms with van der Waals surface area (Å²) in [7, 11) is -3.79. The monoisotopic (exact) mass is 343 g/mol. The zero-order chi connectivity index (χ0) is 16.5. The van der Waals surface area contributed by atoms with Gasteiger partial charge >= 0.3 is 0 Å². The van der Waals surface area contributed by atoms with Crippen LogP contribution < -0.4 is 5.32 Å². The van der Waals surface area contributed by atoms with Crippen molar-refractivity contribution in [3.05, 3.63) is 23.2 Å². The summed E-state index contributed by atoms with van der Waals surface area (Å²) >= 11 is 5.96. The van der Waals surface area contributed by atoms with Crippen molar-refractivity contribution in [3.8, 4) is 6.07 Å². The largest absolute Gasteiger partial charge is 0.386 e. The van der Waals surface area contributed by atoms with Crippen LogP contribution in [-0.4, -0.2) is 42.4 Å². The zero-order valence-corrected chi connectivity index (χ0v) is 13.3. The lowest BCUT2D eigenvalue weighted by atomic mass is 9.94. The first-order valence-corrected chi connectivity index (χ1v) is 8.16. The number of β-amino-alcohol motifs (C(OH)–C–C–N with tert-alkyl or cyclic N) is 1. The summed E-state index contributed by atoms with van der Waals surface area (Å²) in [6.07, 6.45) is -0.124. The van der Waals surface area contributed by atoms with Crippen LogP contribution in [0.15, 0.2) is 23.1 Å². The fourth-order valence-electron chi connectivity index (χ4n) is 2.14. The minimum atomic E-state index is -3.79. The van der Waals surface area contributed by atoms with Crippen molar-refractivity contribution in [1.29, 1.82) is 5.26 Å². The maximum Gasteiger partial charge on any atom is 0.243 e. The van der Waals surface area contributed by atoms with Gasteiger partial charge in [-0.3, -0.25) is 4.79 Å². The Balaban J connectivity index is 2.20. The number of hydrogen-bond acceptors (Lipinski definition) is 5. The highest BCUT2D eigenvalue weighted by molar-refractivity contribution is 7.89. The van der Waals surface area contributed by atoms with Crippen LogP contribution in [0.5, 0.6) is 0 Å². The Morgan fingerprint density at radius 2 is 2.18 bits per heavy atom. The van der Waals surface area contributed by atoms with Gasteiger partial charge in [0.15, 0.2) is 0 Å². The van der Waals surface area contributed by atoms with Crippen LogP contribution in [0.25, 0.3) is 0 Å². The van der Waals surface area contributed by atoms with E-state index in [-0.39, 0.29) is 35.3 Å². The second kappa shape index (κ2) is 5.85. The molecule has 1 amide bonds. The molecule has 1 fully saturated rings. The topological polar surface area (TPSA) is 110 Å². The second-order valence-electron chi connectivity index (χ2n) is 5.16. The molecule has 0 aromatic heterocycles. The molecule has 0 saturated carbocycles. The molecule has 1 aliphatic rings. The number of sulfonamides is 1. The number of aliphatic hydroxyl groups is 1. The van der Waals surface area contributed by atoms with Gasteiger partial charge < -0.3 is 10.4 Å². The third-order valence-corrected chi connectivity index (χ3v) is 5.34. The summed E-state index contributed by atoms with van der Waals surface area (Å²) in [5.74, 6) is -0.318. The number of hydrogen-bond donors (Lipinski definition) is 2. The number of anilines is 1. The van der Waals surface area contributed by atoms with Crippen LogP contribution in [-0.2, 0) is 14.8 Å². The Bertz CT molecular complexity index is 751. The van der Waals surface area contributed by atoms with Gasteiger partial charge in [0.2, 0.25) is 15.9 Å². The van der Waals surface area contributed by atoms with Gasteiger partial charge in [-0.2, -0.15) is 9.57 Å². The van der Waals surface area contributed by atoms with Gasteiger partial charge in [0.05, 0.1) is 28.1 Å². The minimum Gasteiger partial charge on any atom is -0.386 e. The molecule has 0 radical (unpaired) electrons. The highest BCUT2D eigenvalue weighted by Crippen LogP contribution is 2.32. The molecular formula is C13H14ClN3O4S. The Kier molecular flexibility index (Phi) is 4.44. The number of carbonyl (C=O) groups is 1. The molecule has 1 saturated heterocycles. The van der Waals surface area contributed by atoms with E-state index >= 15 is 0 Å². The Hall–Kier alpha value is -1.66. The first kappa shape index (κ1) is 16.7. The van der Waals surface area contributed by atoms with Gasteiger partial charge in [0, 0.05) is 20.0 Å². The average molecular weight is 344 g/mol. The predicted molar refractivity (Wildman–Crippen MR) is 79.7 cm³/mol. The normalized spacial score (nSPS) is 17.4. The van der Waals surface area contributed by atoms with Crippen molar-refractivity contribution < 1.29 is 18.3 Å². The number of nitrogens with one attached hydrogen (secondary N) is 1. The molecule has 2 N–H and O–H groups in total. The first-order chi connectivity index (χ1) is 10.2. The number of carbonyl (C=O) groups excluding carboxylic acids is 1. The smallest absolute Gasteiger partial charge is 0.243 e. The van der Waals surface area contributed by atoms with Crippen molar-refractivity contribution >= 4 is 33.2 Å². The van der Waals surface area contributed by atoms with E-state index in [2.05, 4.69) is 5.32 Å². The molecule has 0 aliphatic carbocycles. The molecule has 0 bridgehead atoms. The third-order valence-electron chi connectivity index (χ3n) is 3.24. The van der Waals surface area contributed by atoms with E-state index in [1.165, 1.54) is 25.1 Å². The number of halogens is 1. The van der Waals surface area contributed by atoms with Crippen LogP contribution in [0.2, 0.25) is 5.02 Å². The van der Waals surface area contributed by atoms with Gasteiger partial charge in [0.1, 0.15) is 5.60 Å². The number of benzene rings is 1. The molecule has 0 unspecified atom stereocenters. The van der Waals surface area contributed by atoms with E-state index in [0.29, 0.717) is 5.69 Å². The van der Waals surface area contributed by atoms with Gasteiger partial charge in [-0.25, -0.2) is 8.42 Å². The van der Waals surface area contributed by atoms with Gasteiger partial charge in [-0.05, 0) is 18.2 Å². The summed E-state index contributed by atoms with van der Waals surface area (Å²) in [5, 5.41) is 21.1. The summed E-state index contributed by atoms with van der Waals surface area (Å²) in [4.78, 5) is 11.0. The van der Waals surface area contributed by atoms with Crippen LogP contribution in [0, 0.1) is 11.3 Å². The van der Waals surface area contributed by atoms with Crippen LogP contribution in [0.3, 0.4) is 0 Å². The second-order valence-corrected chi connectivity index (χ2v) is 7.50. The van der Waals surface area contributed by atoms with Crippen molar-refractivity contribution in [1.82, 2.24) is 4.31 Å². The number of rotatable bonds is 4. The van der Waals surface area contributed by atoms with Gasteiger partial charge in [-0.15, -0.1) is 0 Å². The summed E-state index contributed by atoms with van der Waals surface area (Å²) < 4.78 is 25.8. The first-order valence-electron chi connectivity index (χ1n) is 6.35. The lowest BCUT2D eigenvalue weighted by molar-refractivity contribution is -0.114. The van der Waals surface area contributed by atoms with Crippen molar-refractivity contribution in [2.24, 2.45) is 0 Å². The molecular weight excluding hydrogens is 330 g/mol. The summed E-state index contributed by atoms with van der Waals surface area (Å²) in [6, 6.07) is 5.79. The number of nitriles is 1. The molecule has 1 heterocycles. The van der Waals surface area contributed by atoms with E-state index < -0.39 is 15.6 Å². The molecule has 1 aliphatic heterocycles. The van der Waals surface area contributed by atoms with E-state index in [0.717, 1.165) is 4.31 Å². The quantitative estimate of drug-likeness (QED) is 0.845. The standard InChI is InChI=1S/C13H14ClN3O4S/c1-9(18)16-12-3-2-10(6-11(12)14)22(20,21)17-7-13(19,8-17)4-5-15/h2-3,6,19H,4,7-8H2,1H3,(H,16,18). The molecule has 9 heteroatoms. The van der Waals surface area contributed by atoms with E-state index in [4.69, 9.17) is 16.9 Å². The molecule has 2 rings (SSSR count). The summed E-state index contributed by atoms with van der Waals surface area (Å²) in [5.41, 5.74) is -0.973. The predicted octanol–water partition coefficient (Wildman–Crippen LogP) is 0.947. The molecule has 0 atom stereocenters.